The molecule has 37 heavy (non-hydrogen) atoms. The number of thiazole rings is 1. The van der Waals surface area contributed by atoms with Crippen LogP contribution < -0.4 is 0 Å². The van der Waals surface area contributed by atoms with Crippen LogP contribution in [0.25, 0.3) is 0 Å². The fourth-order valence-corrected chi connectivity index (χ4v) is 4.43. The number of nitrogens with zero attached hydrogens (tertiary/aromatic N) is 3. The summed E-state index contributed by atoms with van der Waals surface area (Å²) in [6.45, 7) is 7.84. The zero-order valence-corrected chi connectivity index (χ0v) is 20.1. The largest absolute Gasteiger partial charge is 0.490 e. The van der Waals surface area contributed by atoms with Gasteiger partial charge in [0, 0.05) is 36.6 Å². The zero-order valence-electron chi connectivity index (χ0n) is 19.3. The quantitative estimate of drug-likeness (QED) is 0.539. The Balaban J connectivity index is 0.000000286. The van der Waals surface area contributed by atoms with E-state index in [0.717, 1.165) is 58.2 Å². The number of aliphatic carboxylic acids is 2. The molecule has 0 radical (unpaired) electrons. The van der Waals surface area contributed by atoms with Crippen molar-refractivity contribution in [3.63, 3.8) is 0 Å². The highest BCUT2D eigenvalue weighted by Gasteiger charge is 2.41. The van der Waals surface area contributed by atoms with E-state index in [2.05, 4.69) is 26.2 Å². The monoisotopic (exact) mass is 561 g/mol. The molecule has 0 bridgehead atoms. The van der Waals surface area contributed by atoms with Gasteiger partial charge in [0.2, 0.25) is 0 Å². The van der Waals surface area contributed by atoms with Gasteiger partial charge in [-0.15, -0.1) is 11.3 Å². The number of carbonyl (C=O) groups is 2. The first-order valence-corrected chi connectivity index (χ1v) is 11.6. The van der Waals surface area contributed by atoms with Crippen LogP contribution in [0.1, 0.15) is 17.2 Å². The highest BCUT2D eigenvalue weighted by Crippen LogP contribution is 2.34. The summed E-state index contributed by atoms with van der Waals surface area (Å²) in [6.07, 6.45) is -5.32. The Labute approximate surface area is 211 Å². The Morgan fingerprint density at radius 3 is 2.11 bits per heavy atom. The number of halogens is 6. The van der Waals surface area contributed by atoms with E-state index in [1.165, 1.54) is 11.4 Å². The van der Waals surface area contributed by atoms with Crippen molar-refractivity contribution < 1.29 is 55.3 Å². The van der Waals surface area contributed by atoms with Crippen molar-refractivity contribution in [3.8, 4) is 0 Å². The van der Waals surface area contributed by atoms with Crippen LogP contribution in [0.5, 0.6) is 0 Å². The van der Waals surface area contributed by atoms with Gasteiger partial charge in [0.1, 0.15) is 10.8 Å². The molecule has 4 rings (SSSR count). The van der Waals surface area contributed by atoms with Crippen LogP contribution >= 0.6 is 11.3 Å². The average Bonchev–Trinajstić information content (AvgIpc) is 3.52. The first kappa shape index (κ1) is 30.5. The summed E-state index contributed by atoms with van der Waals surface area (Å²) >= 11 is 1.75. The third-order valence-electron chi connectivity index (χ3n) is 5.32. The predicted octanol–water partition coefficient (Wildman–Crippen LogP) is 3.73. The third-order valence-corrected chi connectivity index (χ3v) is 6.09. The van der Waals surface area contributed by atoms with Gasteiger partial charge in [0.05, 0.1) is 32.6 Å². The van der Waals surface area contributed by atoms with E-state index in [1.54, 1.807) is 17.6 Å². The molecule has 0 saturated carbocycles. The van der Waals surface area contributed by atoms with E-state index in [9.17, 15) is 26.3 Å². The van der Waals surface area contributed by atoms with Gasteiger partial charge in [-0.05, 0) is 25.1 Å². The molecule has 208 valence electrons. The molecule has 1 spiro atoms. The molecular weight excluding hydrogens is 536 g/mol. The van der Waals surface area contributed by atoms with E-state index >= 15 is 0 Å². The lowest BCUT2D eigenvalue weighted by molar-refractivity contribution is -0.193. The molecule has 9 nitrogen and oxygen atoms in total. The molecule has 4 heterocycles. The molecule has 2 N–H and O–H groups in total. The number of furan rings is 1. The van der Waals surface area contributed by atoms with Crippen molar-refractivity contribution in [2.45, 2.75) is 31.9 Å². The maximum Gasteiger partial charge on any atom is 0.490 e. The minimum atomic E-state index is -5.08. The maximum atomic E-state index is 10.6. The van der Waals surface area contributed by atoms with Crippen LogP contribution in [0.3, 0.4) is 0 Å². The number of ether oxygens (including phenoxy) is 1. The summed E-state index contributed by atoms with van der Waals surface area (Å²) in [5.41, 5.74) is 0.250. The van der Waals surface area contributed by atoms with Crippen molar-refractivity contribution in [2.75, 3.05) is 39.4 Å². The smallest absolute Gasteiger partial charge is 0.475 e. The molecule has 16 heteroatoms. The Hall–Kier alpha value is -2.69. The predicted molar refractivity (Wildman–Crippen MR) is 117 cm³/mol. The van der Waals surface area contributed by atoms with Gasteiger partial charge >= 0.3 is 24.3 Å². The number of alkyl halides is 6. The minimum absolute atomic E-state index is 0.250. The summed E-state index contributed by atoms with van der Waals surface area (Å²) in [5.74, 6) is -4.47. The lowest BCUT2D eigenvalue weighted by Gasteiger charge is -2.31. The van der Waals surface area contributed by atoms with Crippen molar-refractivity contribution in [3.05, 3.63) is 40.7 Å². The van der Waals surface area contributed by atoms with E-state index < -0.39 is 24.3 Å². The molecule has 1 atom stereocenters. The Morgan fingerprint density at radius 1 is 1.03 bits per heavy atom. The number of carboxylic acid groups (broad SMARTS) is 2. The van der Waals surface area contributed by atoms with Crippen LogP contribution in [-0.4, -0.2) is 88.7 Å². The van der Waals surface area contributed by atoms with E-state index in [4.69, 9.17) is 29.0 Å². The van der Waals surface area contributed by atoms with Gasteiger partial charge in [0.15, 0.2) is 0 Å². The summed E-state index contributed by atoms with van der Waals surface area (Å²) in [4.78, 5) is 27.2. The second-order valence-corrected chi connectivity index (χ2v) is 9.31. The van der Waals surface area contributed by atoms with Gasteiger partial charge < -0.3 is 19.4 Å². The molecule has 2 saturated heterocycles. The molecule has 0 amide bonds. The van der Waals surface area contributed by atoms with Crippen LogP contribution in [0, 0.1) is 5.41 Å². The molecule has 2 aromatic heterocycles. The van der Waals surface area contributed by atoms with Gasteiger partial charge in [-0.1, -0.05) is 0 Å². The van der Waals surface area contributed by atoms with Gasteiger partial charge in [-0.25, -0.2) is 14.6 Å². The molecule has 2 fully saturated rings. The minimum Gasteiger partial charge on any atom is -0.475 e. The highest BCUT2D eigenvalue weighted by molar-refractivity contribution is 7.09. The topological polar surface area (TPSA) is 116 Å². The van der Waals surface area contributed by atoms with Crippen molar-refractivity contribution >= 4 is 23.3 Å². The fourth-order valence-electron chi connectivity index (χ4n) is 3.77. The van der Waals surface area contributed by atoms with Crippen LogP contribution in [0.4, 0.5) is 26.3 Å². The third kappa shape index (κ3) is 10.7. The number of aromatic nitrogens is 1. The molecule has 2 aliphatic rings. The molecule has 1 unspecified atom stereocenters. The van der Waals surface area contributed by atoms with Gasteiger partial charge in [-0.3, -0.25) is 9.80 Å². The normalized spacial score (nSPS) is 20.9. The SMILES string of the molecule is O=C(O)C(F)(F)F.O=C(O)C(F)(F)F.c1coc(CN2CCOCC3(CCN(Cc4nccs4)C3)C2)c1. The lowest BCUT2D eigenvalue weighted by Crippen LogP contribution is -2.40. The summed E-state index contributed by atoms with van der Waals surface area (Å²) in [5, 5.41) is 17.5. The molecule has 2 aliphatic heterocycles. The van der Waals surface area contributed by atoms with Crippen LogP contribution in [0.2, 0.25) is 0 Å². The van der Waals surface area contributed by atoms with Crippen molar-refractivity contribution in [1.29, 1.82) is 0 Å². The number of rotatable bonds is 4. The zero-order chi connectivity index (χ0) is 27.7. The standard InChI is InChI=1S/C17H23N3O2S.2C2HF3O2/c1-2-15(22-7-1)10-20-6-8-21-14-17(13-20)3-5-19(12-17)11-16-18-4-9-23-16;2*3-2(4,5)1(6)7/h1-2,4,7,9H,3,5-6,8,10-14H2;2*(H,6,7). The van der Waals surface area contributed by atoms with E-state index in [1.807, 2.05) is 12.3 Å². The Bertz CT molecular complexity index is 947. The molecular formula is C21H25F6N3O6S. The summed E-state index contributed by atoms with van der Waals surface area (Å²) < 4.78 is 74.9. The summed E-state index contributed by atoms with van der Waals surface area (Å²) in [7, 11) is 0. The molecule has 0 aliphatic carbocycles. The number of carboxylic acids is 2. The maximum absolute atomic E-state index is 10.6. The average molecular weight is 562 g/mol. The first-order valence-electron chi connectivity index (χ1n) is 10.7. The fraction of sp³-hybridized carbons (Fsp3) is 0.571. The van der Waals surface area contributed by atoms with Gasteiger partial charge in [-0.2, -0.15) is 26.3 Å². The van der Waals surface area contributed by atoms with E-state index in [0.29, 0.717) is 0 Å². The van der Waals surface area contributed by atoms with Crippen molar-refractivity contribution in [2.24, 2.45) is 5.41 Å². The van der Waals surface area contributed by atoms with Crippen molar-refractivity contribution in [1.82, 2.24) is 14.8 Å². The highest BCUT2D eigenvalue weighted by atomic mass is 32.1. The number of likely N-dealkylation sites (tertiary alicyclic amines) is 1. The first-order chi connectivity index (χ1) is 17.2. The Kier molecular flexibility index (Phi) is 10.9. The van der Waals surface area contributed by atoms with Crippen LogP contribution in [-0.2, 0) is 27.4 Å². The number of hydrogen-bond acceptors (Lipinski definition) is 8. The second kappa shape index (κ2) is 13.2. The Morgan fingerprint density at radius 2 is 1.62 bits per heavy atom. The number of hydrogen-bond donors (Lipinski definition) is 2. The summed E-state index contributed by atoms with van der Waals surface area (Å²) in [6, 6.07) is 4.02. The molecule has 2 aromatic rings. The second-order valence-electron chi connectivity index (χ2n) is 8.33. The van der Waals surface area contributed by atoms with E-state index in [-0.39, 0.29) is 5.41 Å². The van der Waals surface area contributed by atoms with Gasteiger partial charge in [0.25, 0.3) is 0 Å². The lowest BCUT2D eigenvalue weighted by atomic mass is 9.87. The molecule has 0 aromatic carbocycles. The van der Waals surface area contributed by atoms with Crippen LogP contribution in [0.15, 0.2) is 34.4 Å².